The fourth-order valence-electron chi connectivity index (χ4n) is 3.05. The van der Waals surface area contributed by atoms with Crippen LogP contribution in [0.5, 0.6) is 0 Å². The fourth-order valence-corrected chi connectivity index (χ4v) is 3.37. The second-order valence-electron chi connectivity index (χ2n) is 8.08. The zero-order chi connectivity index (χ0) is 21.0. The van der Waals surface area contributed by atoms with Crippen molar-refractivity contribution in [1.82, 2.24) is 0 Å². The van der Waals surface area contributed by atoms with Crippen LogP contribution in [-0.4, -0.2) is 10.1 Å². The lowest BCUT2D eigenvalue weighted by Crippen LogP contribution is -2.38. The lowest BCUT2D eigenvalue weighted by atomic mass is 9.86. The molecule has 1 heterocycles. The third kappa shape index (κ3) is 4.90. The number of nitrogens with one attached hydrogen (secondary N) is 1. The van der Waals surface area contributed by atoms with E-state index < -0.39 is 0 Å². The van der Waals surface area contributed by atoms with Crippen molar-refractivity contribution in [3.05, 3.63) is 95.8 Å². The second-order valence-corrected chi connectivity index (χ2v) is 8.48. The summed E-state index contributed by atoms with van der Waals surface area (Å²) in [7, 11) is 0. The van der Waals surface area contributed by atoms with Crippen molar-refractivity contribution >= 4 is 34.3 Å². The van der Waals surface area contributed by atoms with Crippen LogP contribution in [-0.2, 0) is 5.41 Å². The molecule has 2 N–H and O–H groups in total. The molecule has 0 fully saturated rings. The predicted octanol–water partition coefficient (Wildman–Crippen LogP) is 5.90. The van der Waals surface area contributed by atoms with E-state index in [1.165, 1.54) is 5.56 Å². The number of rotatable bonds is 4. The van der Waals surface area contributed by atoms with Gasteiger partial charge in [0.15, 0.2) is 23.1 Å². The third-order valence-electron chi connectivity index (χ3n) is 4.83. The van der Waals surface area contributed by atoms with E-state index in [4.69, 9.17) is 12.2 Å². The van der Waals surface area contributed by atoms with Crippen molar-refractivity contribution in [1.29, 1.82) is 0 Å². The number of para-hydroxylation sites is 1. The Hall–Kier alpha value is -2.98. The highest BCUT2D eigenvalue weighted by Crippen LogP contribution is 2.25. The second kappa shape index (κ2) is 8.58. The van der Waals surface area contributed by atoms with Crippen LogP contribution in [0.3, 0.4) is 0 Å². The molecule has 0 radical (unpaired) electrons. The van der Waals surface area contributed by atoms with E-state index in [0.29, 0.717) is 10.7 Å². The Balaban J connectivity index is 2.05. The van der Waals surface area contributed by atoms with Crippen LogP contribution in [0.25, 0.3) is 11.5 Å². The summed E-state index contributed by atoms with van der Waals surface area (Å²) in [5.41, 5.74) is 4.52. The summed E-state index contributed by atoms with van der Waals surface area (Å²) >= 11 is 5.71. The van der Waals surface area contributed by atoms with Crippen molar-refractivity contribution in [3.63, 3.8) is 0 Å². The minimum absolute atomic E-state index is 0.0521. The van der Waals surface area contributed by atoms with Crippen LogP contribution in [0.2, 0.25) is 0 Å². The maximum absolute atomic E-state index is 11.2. The van der Waals surface area contributed by atoms with Gasteiger partial charge in [0.25, 0.3) is 5.70 Å². The number of thiocarbonyl (C=S) groups is 1. The Morgan fingerprint density at radius 2 is 1.52 bits per heavy atom. The van der Waals surface area contributed by atoms with Gasteiger partial charge in [0.1, 0.15) is 0 Å². The number of anilines is 1. The summed E-state index contributed by atoms with van der Waals surface area (Å²) in [5, 5.41) is 14.5. The fraction of sp³-hybridized carbons (Fsp3) is 0.200. The molecular formula is C25H27N2OS+. The average Bonchev–Trinajstić information content (AvgIpc) is 2.70. The van der Waals surface area contributed by atoms with Crippen molar-refractivity contribution in [3.8, 4) is 0 Å². The molecule has 0 unspecified atom stereocenters. The molecule has 0 spiro atoms. The van der Waals surface area contributed by atoms with Gasteiger partial charge in [0.2, 0.25) is 0 Å². The highest BCUT2D eigenvalue weighted by molar-refractivity contribution is 7.81. The molecule has 0 amide bonds. The molecule has 0 bridgehead atoms. The molecule has 148 valence electrons. The smallest absolute Gasteiger partial charge is 0.288 e. The minimum atomic E-state index is 0.0521. The maximum Gasteiger partial charge on any atom is 0.288 e. The van der Waals surface area contributed by atoms with Crippen molar-refractivity contribution in [2.45, 2.75) is 33.1 Å². The Morgan fingerprint density at radius 3 is 2.10 bits per heavy atom. The Morgan fingerprint density at radius 1 is 0.897 bits per heavy atom. The van der Waals surface area contributed by atoms with E-state index in [2.05, 4.69) is 38.2 Å². The normalized spacial score (nSPS) is 12.3. The van der Waals surface area contributed by atoms with E-state index >= 15 is 0 Å². The van der Waals surface area contributed by atoms with Crippen LogP contribution in [0.1, 0.15) is 37.5 Å². The first-order chi connectivity index (χ1) is 13.8. The summed E-state index contributed by atoms with van der Waals surface area (Å²) in [6, 6.07) is 21.7. The molecule has 0 aliphatic carbocycles. The quantitative estimate of drug-likeness (QED) is 0.246. The molecule has 0 aliphatic heterocycles. The standard InChI is InChI=1S/C25H26N2OS/c1-18-10-6-7-11-21(18)26-24(29)22(27-16-8-5-9-17-27)23(28)19-12-14-20(15-13-19)25(2,3)4/h5-17H,1-4H3,(H-,26,28,29)/p+1. The topological polar surface area (TPSA) is 36.1 Å². The van der Waals surface area contributed by atoms with Crippen LogP contribution in [0.15, 0.2) is 79.1 Å². The van der Waals surface area contributed by atoms with Crippen LogP contribution in [0.4, 0.5) is 5.69 Å². The molecular weight excluding hydrogens is 376 g/mol. The predicted molar refractivity (Wildman–Crippen MR) is 125 cm³/mol. The van der Waals surface area contributed by atoms with E-state index in [1.54, 1.807) is 0 Å². The summed E-state index contributed by atoms with van der Waals surface area (Å²) in [6.45, 7) is 8.54. The number of aryl methyl sites for hydroxylation is 1. The molecule has 1 aromatic heterocycles. The van der Waals surface area contributed by atoms with Gasteiger partial charge in [0, 0.05) is 23.4 Å². The number of hydrogen-bond acceptors (Lipinski definition) is 2. The molecule has 4 heteroatoms. The highest BCUT2D eigenvalue weighted by Gasteiger charge is 2.24. The first kappa shape index (κ1) is 20.7. The van der Waals surface area contributed by atoms with Gasteiger partial charge >= 0.3 is 0 Å². The Labute approximate surface area is 178 Å². The third-order valence-corrected chi connectivity index (χ3v) is 5.13. The van der Waals surface area contributed by atoms with Crippen molar-refractivity contribution < 1.29 is 9.67 Å². The van der Waals surface area contributed by atoms with Gasteiger partial charge < -0.3 is 10.4 Å². The lowest BCUT2D eigenvalue weighted by molar-refractivity contribution is -0.575. The summed E-state index contributed by atoms with van der Waals surface area (Å²) in [5.74, 6) is 0.132. The number of aliphatic hydroxyl groups is 1. The highest BCUT2D eigenvalue weighted by atomic mass is 32.1. The zero-order valence-electron chi connectivity index (χ0n) is 17.3. The number of benzene rings is 2. The van der Waals surface area contributed by atoms with E-state index in [9.17, 15) is 5.11 Å². The Bertz CT molecular complexity index is 1030. The molecule has 3 nitrogen and oxygen atoms in total. The molecule has 0 saturated carbocycles. The van der Waals surface area contributed by atoms with Gasteiger partial charge in [-0.3, -0.25) is 0 Å². The van der Waals surface area contributed by atoms with Gasteiger partial charge in [-0.05, 0) is 29.5 Å². The summed E-state index contributed by atoms with van der Waals surface area (Å²) in [6.07, 6.45) is 3.75. The van der Waals surface area contributed by atoms with Gasteiger partial charge in [-0.15, -0.1) is 0 Å². The van der Waals surface area contributed by atoms with Crippen LogP contribution in [0, 0.1) is 6.92 Å². The van der Waals surface area contributed by atoms with Gasteiger partial charge in [-0.2, -0.15) is 4.57 Å². The number of nitrogens with zero attached hydrogens (tertiary/aromatic N) is 1. The zero-order valence-corrected chi connectivity index (χ0v) is 18.1. The van der Waals surface area contributed by atoms with E-state index in [0.717, 1.165) is 16.8 Å². The maximum atomic E-state index is 11.2. The first-order valence-electron chi connectivity index (χ1n) is 9.65. The molecule has 0 aliphatic rings. The molecule has 0 atom stereocenters. The summed E-state index contributed by atoms with van der Waals surface area (Å²) < 4.78 is 1.83. The van der Waals surface area contributed by atoms with E-state index in [1.807, 2.05) is 78.5 Å². The number of pyridine rings is 1. The molecule has 3 aromatic rings. The van der Waals surface area contributed by atoms with E-state index in [-0.39, 0.29) is 11.2 Å². The molecule has 0 saturated heterocycles. The van der Waals surface area contributed by atoms with Crippen molar-refractivity contribution in [2.75, 3.05) is 5.32 Å². The van der Waals surface area contributed by atoms with Crippen LogP contribution < -0.4 is 9.88 Å². The monoisotopic (exact) mass is 403 g/mol. The molecule has 29 heavy (non-hydrogen) atoms. The minimum Gasteiger partial charge on any atom is -0.502 e. The summed E-state index contributed by atoms with van der Waals surface area (Å²) in [4.78, 5) is 0.452. The average molecular weight is 404 g/mol. The van der Waals surface area contributed by atoms with Gasteiger partial charge in [-0.25, -0.2) is 0 Å². The molecule has 3 rings (SSSR count). The Kier molecular flexibility index (Phi) is 6.14. The van der Waals surface area contributed by atoms with Gasteiger partial charge in [0.05, 0.1) is 0 Å². The molecule has 2 aromatic carbocycles. The lowest BCUT2D eigenvalue weighted by Gasteiger charge is -2.19. The largest absolute Gasteiger partial charge is 0.502 e. The van der Waals surface area contributed by atoms with Gasteiger partial charge in [-0.1, -0.05) is 81.5 Å². The number of aliphatic hydroxyl groups excluding tert-OH is 1. The van der Waals surface area contributed by atoms with Crippen molar-refractivity contribution in [2.24, 2.45) is 0 Å². The number of aromatic nitrogens is 1. The SMILES string of the molecule is Cc1ccccc1NC(=S)C(=C(O)c1ccc(C(C)(C)C)cc1)[n+]1ccccc1. The van der Waals surface area contributed by atoms with Crippen LogP contribution >= 0.6 is 12.2 Å². The first-order valence-corrected chi connectivity index (χ1v) is 10.1. The number of hydrogen-bond donors (Lipinski definition) is 2.